The third-order valence-corrected chi connectivity index (χ3v) is 2.84. The highest BCUT2D eigenvalue weighted by Gasteiger charge is 2.40. The Labute approximate surface area is 109 Å². The number of ether oxygens (including phenoxy) is 1. The van der Waals surface area contributed by atoms with Gasteiger partial charge in [0.05, 0.1) is 17.9 Å². The van der Waals surface area contributed by atoms with Crippen LogP contribution in [0.25, 0.3) is 0 Å². The monoisotopic (exact) mass is 265 g/mol. The topological polar surface area (TPSA) is 99.0 Å². The molecule has 0 saturated carbocycles. The quantitative estimate of drug-likeness (QED) is 0.628. The van der Waals surface area contributed by atoms with Gasteiger partial charge in [0.2, 0.25) is 0 Å². The Kier molecular flexibility index (Phi) is 3.73. The minimum atomic E-state index is -1.01. The van der Waals surface area contributed by atoms with Gasteiger partial charge in [-0.2, -0.15) is 0 Å². The van der Waals surface area contributed by atoms with E-state index in [1.54, 1.807) is 19.1 Å². The molecule has 19 heavy (non-hydrogen) atoms. The Morgan fingerprint density at radius 2 is 1.89 bits per heavy atom. The number of hydrogen-bond acceptors (Lipinski definition) is 5. The first-order chi connectivity index (χ1) is 9.04. The largest absolute Gasteiger partial charge is 0.493 e. The normalized spacial score (nSPS) is 21.8. The van der Waals surface area contributed by atoms with Crippen molar-refractivity contribution in [3.8, 4) is 0 Å². The number of carboxylic acids is 1. The van der Waals surface area contributed by atoms with Gasteiger partial charge in [0.15, 0.2) is 0 Å². The van der Waals surface area contributed by atoms with Crippen molar-refractivity contribution in [1.82, 2.24) is 0 Å². The van der Waals surface area contributed by atoms with Gasteiger partial charge in [-0.25, -0.2) is 4.79 Å². The second kappa shape index (κ2) is 5.29. The molecule has 1 aliphatic carbocycles. The predicted molar refractivity (Wildman–Crippen MR) is 67.7 cm³/mol. The number of anilines is 1. The van der Waals surface area contributed by atoms with Crippen LogP contribution in [0.3, 0.4) is 0 Å². The molecule has 6 nitrogen and oxygen atoms in total. The van der Waals surface area contributed by atoms with Crippen molar-refractivity contribution in [2.75, 3.05) is 11.9 Å². The summed E-state index contributed by atoms with van der Waals surface area (Å²) >= 11 is 0. The molecule has 1 aliphatic rings. The van der Waals surface area contributed by atoms with Crippen molar-refractivity contribution in [3.05, 3.63) is 41.3 Å². The van der Waals surface area contributed by atoms with Crippen LogP contribution < -0.4 is 5.32 Å². The lowest BCUT2D eigenvalue weighted by atomic mass is 9.95. The molecule has 0 spiro atoms. The lowest BCUT2D eigenvalue weighted by Gasteiger charge is -2.34. The number of aliphatic hydroxyl groups is 2. The molecular weight excluding hydrogens is 250 g/mol. The van der Waals surface area contributed by atoms with Crippen molar-refractivity contribution >= 4 is 11.7 Å². The Morgan fingerprint density at radius 1 is 1.26 bits per heavy atom. The minimum Gasteiger partial charge on any atom is -0.493 e. The van der Waals surface area contributed by atoms with Gasteiger partial charge in [0, 0.05) is 5.69 Å². The van der Waals surface area contributed by atoms with Gasteiger partial charge in [0.25, 0.3) is 0 Å². The zero-order valence-corrected chi connectivity index (χ0v) is 10.3. The first-order valence-corrected chi connectivity index (χ1v) is 5.88. The molecule has 4 N–H and O–H groups in total. The smallest absolute Gasteiger partial charge is 0.335 e. The van der Waals surface area contributed by atoms with Crippen LogP contribution in [0.1, 0.15) is 17.3 Å². The Bertz CT molecular complexity index is 508. The maximum absolute atomic E-state index is 10.7. The second-order valence-corrected chi connectivity index (χ2v) is 4.11. The number of carboxylic acid groups (broad SMARTS) is 1. The highest BCUT2D eigenvalue weighted by Crippen LogP contribution is 2.31. The summed E-state index contributed by atoms with van der Waals surface area (Å²) in [6.45, 7) is 2.17. The highest BCUT2D eigenvalue weighted by atomic mass is 16.5. The maximum atomic E-state index is 10.7. The van der Waals surface area contributed by atoms with E-state index in [4.69, 9.17) is 9.84 Å². The van der Waals surface area contributed by atoms with E-state index in [1.807, 2.05) is 0 Å². The molecule has 1 aromatic carbocycles. The van der Waals surface area contributed by atoms with Gasteiger partial charge in [-0.15, -0.1) is 0 Å². The summed E-state index contributed by atoms with van der Waals surface area (Å²) in [6, 6.07) is 6.06. The Hall–Kier alpha value is -2.05. The Balaban J connectivity index is 2.14. The predicted octanol–water partition coefficient (Wildman–Crippen LogP) is 0.780. The van der Waals surface area contributed by atoms with Gasteiger partial charge < -0.3 is 25.4 Å². The molecule has 0 aliphatic heterocycles. The number of nitrogens with one attached hydrogen (secondary N) is 1. The zero-order chi connectivity index (χ0) is 14.0. The van der Waals surface area contributed by atoms with E-state index in [-0.39, 0.29) is 5.56 Å². The fourth-order valence-corrected chi connectivity index (χ4v) is 1.82. The molecule has 6 heteroatoms. The van der Waals surface area contributed by atoms with Crippen molar-refractivity contribution < 1.29 is 24.9 Å². The number of carbonyl (C=O) groups is 1. The lowest BCUT2D eigenvalue weighted by molar-refractivity contribution is -0.0151. The van der Waals surface area contributed by atoms with Gasteiger partial charge in [-0.3, -0.25) is 0 Å². The standard InChI is InChI=1S/C13H15NO5/c1-2-19-12-9(10(15)11(12)16)14-8-5-3-7(4-6-8)13(17)18/h3-6,10-11,14-16H,2H2,1H3,(H,17,18). The molecule has 0 amide bonds. The number of aliphatic hydroxyl groups excluding tert-OH is 2. The number of rotatable bonds is 5. The van der Waals surface area contributed by atoms with Crippen LogP contribution in [0.5, 0.6) is 0 Å². The van der Waals surface area contributed by atoms with Gasteiger partial charge in [-0.1, -0.05) is 0 Å². The van der Waals surface area contributed by atoms with Crippen molar-refractivity contribution in [1.29, 1.82) is 0 Å². The minimum absolute atomic E-state index is 0.179. The van der Waals surface area contributed by atoms with Gasteiger partial charge in [0.1, 0.15) is 18.0 Å². The first-order valence-electron chi connectivity index (χ1n) is 5.88. The van der Waals surface area contributed by atoms with Crippen LogP contribution in [0.4, 0.5) is 5.69 Å². The molecule has 0 bridgehead atoms. The average Bonchev–Trinajstić information content (AvgIpc) is 2.42. The molecule has 2 atom stereocenters. The van der Waals surface area contributed by atoms with E-state index in [0.717, 1.165) is 0 Å². The van der Waals surface area contributed by atoms with Crippen molar-refractivity contribution in [2.45, 2.75) is 19.1 Å². The summed E-state index contributed by atoms with van der Waals surface area (Å²) in [5.41, 5.74) is 1.19. The first kappa shape index (κ1) is 13.4. The van der Waals surface area contributed by atoms with E-state index in [9.17, 15) is 15.0 Å². The molecule has 2 unspecified atom stereocenters. The van der Waals surface area contributed by atoms with Crippen LogP contribution >= 0.6 is 0 Å². The van der Waals surface area contributed by atoms with Crippen LogP contribution in [0.2, 0.25) is 0 Å². The van der Waals surface area contributed by atoms with Crippen LogP contribution in [0, 0.1) is 0 Å². The van der Waals surface area contributed by atoms with Crippen LogP contribution in [-0.2, 0) is 4.74 Å². The third kappa shape index (κ3) is 2.54. The van der Waals surface area contributed by atoms with Gasteiger partial charge >= 0.3 is 5.97 Å². The van der Waals surface area contributed by atoms with Crippen LogP contribution in [0.15, 0.2) is 35.7 Å². The summed E-state index contributed by atoms with van der Waals surface area (Å²) in [5.74, 6) is -0.683. The summed E-state index contributed by atoms with van der Waals surface area (Å²) in [6.07, 6.45) is -2.03. The molecule has 0 aromatic heterocycles. The second-order valence-electron chi connectivity index (χ2n) is 4.11. The van der Waals surface area contributed by atoms with Crippen molar-refractivity contribution in [2.24, 2.45) is 0 Å². The number of aromatic carboxylic acids is 1. The van der Waals surface area contributed by atoms with Gasteiger partial charge in [-0.05, 0) is 31.2 Å². The number of benzene rings is 1. The van der Waals surface area contributed by atoms with E-state index in [2.05, 4.69) is 5.32 Å². The average molecular weight is 265 g/mol. The summed E-state index contributed by atoms with van der Waals surface area (Å²) in [5, 5.41) is 30.8. The molecule has 0 saturated heterocycles. The van der Waals surface area contributed by atoms with E-state index in [1.165, 1.54) is 12.1 Å². The lowest BCUT2D eigenvalue weighted by Crippen LogP contribution is -2.44. The number of hydrogen-bond donors (Lipinski definition) is 4. The molecular formula is C13H15NO5. The van der Waals surface area contributed by atoms with E-state index < -0.39 is 18.2 Å². The summed E-state index contributed by atoms with van der Waals surface area (Å²) in [7, 11) is 0. The van der Waals surface area contributed by atoms with Crippen LogP contribution in [-0.4, -0.2) is 40.1 Å². The fourth-order valence-electron chi connectivity index (χ4n) is 1.82. The molecule has 0 fully saturated rings. The zero-order valence-electron chi connectivity index (χ0n) is 10.3. The summed E-state index contributed by atoms with van der Waals surface area (Å²) in [4.78, 5) is 10.7. The molecule has 0 heterocycles. The summed E-state index contributed by atoms with van der Waals surface area (Å²) < 4.78 is 5.22. The molecule has 2 rings (SSSR count). The Morgan fingerprint density at radius 3 is 2.42 bits per heavy atom. The van der Waals surface area contributed by atoms with E-state index in [0.29, 0.717) is 23.8 Å². The third-order valence-electron chi connectivity index (χ3n) is 2.84. The maximum Gasteiger partial charge on any atom is 0.335 e. The fraction of sp³-hybridized carbons (Fsp3) is 0.308. The molecule has 0 radical (unpaired) electrons. The SMILES string of the molecule is CCOC1=C(Nc2ccc(C(=O)O)cc2)C(O)C1O. The van der Waals surface area contributed by atoms with Crippen molar-refractivity contribution in [3.63, 3.8) is 0 Å². The molecule has 102 valence electrons. The van der Waals surface area contributed by atoms with E-state index >= 15 is 0 Å². The highest BCUT2D eigenvalue weighted by molar-refractivity contribution is 5.88. The molecule has 1 aromatic rings.